The quantitative estimate of drug-likeness (QED) is 0.727. The van der Waals surface area contributed by atoms with Crippen LogP contribution in [0, 0.1) is 0 Å². The van der Waals surface area contributed by atoms with Crippen LogP contribution in [0.5, 0.6) is 0 Å². The second-order valence-corrected chi connectivity index (χ2v) is 4.89. The van der Waals surface area contributed by atoms with E-state index in [0.29, 0.717) is 19.1 Å². The number of aliphatic hydroxyl groups is 1. The highest BCUT2D eigenvalue weighted by Crippen LogP contribution is 2.18. The molecule has 17 heavy (non-hydrogen) atoms. The first-order chi connectivity index (χ1) is 8.24. The highest BCUT2D eigenvalue weighted by Gasteiger charge is 2.21. The smallest absolute Gasteiger partial charge is 0.0791 e. The molecule has 0 spiro atoms. The molecule has 4 heteroatoms. The standard InChI is InChI=1S/C13H21N3O/c1-16(9-11-4-6-14-7-5-11)10-13(17)8-15-12-2-3-12/h4-7,12-13,15,17H,2-3,8-10H2,1H3. The van der Waals surface area contributed by atoms with Gasteiger partial charge in [-0.3, -0.25) is 9.88 Å². The fraction of sp³-hybridized carbons (Fsp3) is 0.615. The maximum absolute atomic E-state index is 9.86. The van der Waals surface area contributed by atoms with Gasteiger partial charge in [0.05, 0.1) is 6.10 Å². The number of nitrogens with one attached hydrogen (secondary N) is 1. The molecule has 1 aliphatic carbocycles. The Bertz CT molecular complexity index is 327. The Morgan fingerprint density at radius 2 is 2.18 bits per heavy atom. The van der Waals surface area contributed by atoms with E-state index in [9.17, 15) is 5.11 Å². The second kappa shape index (κ2) is 6.10. The first-order valence-electron chi connectivity index (χ1n) is 6.23. The van der Waals surface area contributed by atoms with Crippen LogP contribution in [0.25, 0.3) is 0 Å². The minimum atomic E-state index is -0.289. The molecule has 1 aromatic rings. The molecule has 1 saturated carbocycles. The van der Waals surface area contributed by atoms with Gasteiger partial charge in [0, 0.05) is 38.1 Å². The van der Waals surface area contributed by atoms with Gasteiger partial charge in [-0.2, -0.15) is 0 Å². The number of aliphatic hydroxyl groups excluding tert-OH is 1. The molecule has 1 aromatic heterocycles. The van der Waals surface area contributed by atoms with Crippen LogP contribution in [0.2, 0.25) is 0 Å². The molecule has 0 saturated heterocycles. The summed E-state index contributed by atoms with van der Waals surface area (Å²) in [5, 5.41) is 13.2. The van der Waals surface area contributed by atoms with Crippen LogP contribution in [-0.2, 0) is 6.54 Å². The lowest BCUT2D eigenvalue weighted by Gasteiger charge is -2.20. The van der Waals surface area contributed by atoms with Crippen LogP contribution in [0.15, 0.2) is 24.5 Å². The molecule has 2 rings (SSSR count). The molecule has 4 nitrogen and oxygen atoms in total. The van der Waals surface area contributed by atoms with E-state index in [1.165, 1.54) is 18.4 Å². The first kappa shape index (κ1) is 12.5. The minimum Gasteiger partial charge on any atom is -0.390 e. The van der Waals surface area contributed by atoms with Crippen molar-refractivity contribution in [1.29, 1.82) is 0 Å². The second-order valence-electron chi connectivity index (χ2n) is 4.89. The zero-order valence-corrected chi connectivity index (χ0v) is 10.3. The molecule has 1 unspecified atom stereocenters. The summed E-state index contributed by atoms with van der Waals surface area (Å²) in [5.41, 5.74) is 1.23. The number of likely N-dealkylation sites (N-methyl/N-ethyl adjacent to an activating group) is 1. The fourth-order valence-corrected chi connectivity index (χ4v) is 1.88. The zero-order valence-electron chi connectivity index (χ0n) is 10.3. The maximum Gasteiger partial charge on any atom is 0.0791 e. The van der Waals surface area contributed by atoms with E-state index in [1.807, 2.05) is 19.2 Å². The third kappa shape index (κ3) is 4.81. The van der Waals surface area contributed by atoms with Crippen molar-refractivity contribution >= 4 is 0 Å². The Labute approximate surface area is 103 Å². The van der Waals surface area contributed by atoms with Crippen LogP contribution >= 0.6 is 0 Å². The van der Waals surface area contributed by atoms with Crippen molar-refractivity contribution in [2.45, 2.75) is 31.5 Å². The van der Waals surface area contributed by atoms with Gasteiger partial charge < -0.3 is 10.4 Å². The van der Waals surface area contributed by atoms with Gasteiger partial charge in [-0.05, 0) is 37.6 Å². The summed E-state index contributed by atoms with van der Waals surface area (Å²) in [4.78, 5) is 6.12. The van der Waals surface area contributed by atoms with Gasteiger partial charge >= 0.3 is 0 Å². The van der Waals surface area contributed by atoms with Gasteiger partial charge in [-0.25, -0.2) is 0 Å². The number of hydrogen-bond donors (Lipinski definition) is 2. The Morgan fingerprint density at radius 3 is 2.82 bits per heavy atom. The lowest BCUT2D eigenvalue weighted by atomic mass is 10.2. The Morgan fingerprint density at radius 1 is 1.47 bits per heavy atom. The summed E-state index contributed by atoms with van der Waals surface area (Å²) in [6, 6.07) is 4.67. The van der Waals surface area contributed by atoms with Crippen molar-refractivity contribution in [2.75, 3.05) is 20.1 Å². The molecule has 0 amide bonds. The first-order valence-corrected chi connectivity index (χ1v) is 6.23. The van der Waals surface area contributed by atoms with Crippen LogP contribution in [0.4, 0.5) is 0 Å². The van der Waals surface area contributed by atoms with Crippen molar-refractivity contribution in [3.05, 3.63) is 30.1 Å². The Kier molecular flexibility index (Phi) is 4.48. The molecular formula is C13H21N3O. The van der Waals surface area contributed by atoms with Crippen LogP contribution < -0.4 is 5.32 Å². The molecule has 94 valence electrons. The number of rotatable bonds is 7. The highest BCUT2D eigenvalue weighted by molar-refractivity contribution is 5.09. The number of hydrogen-bond acceptors (Lipinski definition) is 4. The average Bonchev–Trinajstić information content (AvgIpc) is 3.11. The van der Waals surface area contributed by atoms with Crippen molar-refractivity contribution in [3.8, 4) is 0 Å². The van der Waals surface area contributed by atoms with Crippen molar-refractivity contribution in [2.24, 2.45) is 0 Å². The van der Waals surface area contributed by atoms with Crippen molar-refractivity contribution in [1.82, 2.24) is 15.2 Å². The largest absolute Gasteiger partial charge is 0.390 e. The van der Waals surface area contributed by atoms with Gasteiger partial charge in [-0.15, -0.1) is 0 Å². The maximum atomic E-state index is 9.86. The summed E-state index contributed by atoms with van der Waals surface area (Å²) in [6.07, 6.45) is 5.84. The average molecular weight is 235 g/mol. The van der Waals surface area contributed by atoms with E-state index in [0.717, 1.165) is 6.54 Å². The SMILES string of the molecule is CN(Cc1ccncc1)CC(O)CNC1CC1. The van der Waals surface area contributed by atoms with E-state index in [2.05, 4.69) is 15.2 Å². The Balaban J connectivity index is 1.66. The van der Waals surface area contributed by atoms with Crippen molar-refractivity contribution < 1.29 is 5.11 Å². The lowest BCUT2D eigenvalue weighted by Crippen LogP contribution is -2.37. The zero-order chi connectivity index (χ0) is 12.1. The van der Waals surface area contributed by atoms with E-state index < -0.39 is 0 Å². The van der Waals surface area contributed by atoms with Gasteiger partial charge in [0.25, 0.3) is 0 Å². The fourth-order valence-electron chi connectivity index (χ4n) is 1.88. The third-order valence-corrected chi connectivity index (χ3v) is 2.94. The van der Waals surface area contributed by atoms with Gasteiger partial charge in [0.2, 0.25) is 0 Å². The summed E-state index contributed by atoms with van der Waals surface area (Å²) < 4.78 is 0. The summed E-state index contributed by atoms with van der Waals surface area (Å²) >= 11 is 0. The van der Waals surface area contributed by atoms with E-state index in [-0.39, 0.29) is 6.10 Å². The lowest BCUT2D eigenvalue weighted by molar-refractivity contribution is 0.121. The number of nitrogens with zero attached hydrogens (tertiary/aromatic N) is 2. The number of aromatic nitrogens is 1. The summed E-state index contributed by atoms with van der Waals surface area (Å²) in [6.45, 7) is 2.25. The van der Waals surface area contributed by atoms with Crippen LogP contribution in [0.3, 0.4) is 0 Å². The summed E-state index contributed by atoms with van der Waals surface area (Å²) in [7, 11) is 2.03. The molecule has 1 aliphatic rings. The molecule has 1 fully saturated rings. The van der Waals surface area contributed by atoms with E-state index in [1.54, 1.807) is 12.4 Å². The molecule has 0 aromatic carbocycles. The predicted molar refractivity (Wildman–Crippen MR) is 67.6 cm³/mol. The van der Waals surface area contributed by atoms with Gasteiger partial charge in [-0.1, -0.05) is 0 Å². The molecule has 2 N–H and O–H groups in total. The Hall–Kier alpha value is -0.970. The number of pyridine rings is 1. The molecule has 1 heterocycles. The summed E-state index contributed by atoms with van der Waals surface area (Å²) in [5.74, 6) is 0. The minimum absolute atomic E-state index is 0.289. The topological polar surface area (TPSA) is 48.4 Å². The molecule has 1 atom stereocenters. The molecule has 0 radical (unpaired) electrons. The highest BCUT2D eigenvalue weighted by atomic mass is 16.3. The normalized spacial score (nSPS) is 17.4. The predicted octanol–water partition coefficient (Wildman–Crippen LogP) is 0.626. The monoisotopic (exact) mass is 235 g/mol. The molecule has 0 bridgehead atoms. The van der Waals surface area contributed by atoms with Crippen LogP contribution in [-0.4, -0.2) is 47.3 Å². The van der Waals surface area contributed by atoms with E-state index >= 15 is 0 Å². The third-order valence-electron chi connectivity index (χ3n) is 2.94. The molecule has 0 aliphatic heterocycles. The van der Waals surface area contributed by atoms with Crippen LogP contribution in [0.1, 0.15) is 18.4 Å². The molecular weight excluding hydrogens is 214 g/mol. The van der Waals surface area contributed by atoms with Crippen molar-refractivity contribution in [3.63, 3.8) is 0 Å². The van der Waals surface area contributed by atoms with Gasteiger partial charge in [0.15, 0.2) is 0 Å². The van der Waals surface area contributed by atoms with Gasteiger partial charge in [0.1, 0.15) is 0 Å². The van der Waals surface area contributed by atoms with E-state index in [4.69, 9.17) is 0 Å².